The monoisotopic (exact) mass is 331 g/mol. The molecule has 2 rings (SSSR count). The normalized spacial score (nSPS) is 17.6. The van der Waals surface area contributed by atoms with Gasteiger partial charge < -0.3 is 4.74 Å². The molecule has 0 aromatic heterocycles. The standard InChI is InChI=1S/C13H17NO5S2/c1-19-13(15)10-11-2-4-12(5-3-11)21(17,18)14-6-8-20(16)9-7-14/h2-5H,6-10H2,1H3. The van der Waals surface area contributed by atoms with E-state index in [0.29, 0.717) is 17.1 Å². The van der Waals surface area contributed by atoms with Gasteiger partial charge in [0.15, 0.2) is 0 Å². The van der Waals surface area contributed by atoms with Crippen LogP contribution in [0.15, 0.2) is 29.2 Å². The van der Waals surface area contributed by atoms with Crippen LogP contribution < -0.4 is 0 Å². The summed E-state index contributed by atoms with van der Waals surface area (Å²) >= 11 is 0. The first-order valence-corrected chi connectivity index (χ1v) is 9.37. The highest BCUT2D eigenvalue weighted by molar-refractivity contribution is 7.89. The number of sulfonamides is 1. The maximum Gasteiger partial charge on any atom is 0.309 e. The SMILES string of the molecule is COC(=O)Cc1ccc(S(=O)(=O)N2CCS(=O)CC2)cc1. The van der Waals surface area contributed by atoms with Gasteiger partial charge in [0.1, 0.15) is 0 Å². The Hall–Kier alpha value is -1.25. The molecule has 1 aliphatic rings. The van der Waals surface area contributed by atoms with Crippen molar-refractivity contribution in [3.8, 4) is 0 Å². The van der Waals surface area contributed by atoms with Gasteiger partial charge in [-0.1, -0.05) is 12.1 Å². The lowest BCUT2D eigenvalue weighted by atomic mass is 10.2. The summed E-state index contributed by atoms with van der Waals surface area (Å²) in [5.41, 5.74) is 0.695. The number of methoxy groups -OCH3 is 1. The lowest BCUT2D eigenvalue weighted by Crippen LogP contribution is -2.41. The summed E-state index contributed by atoms with van der Waals surface area (Å²) in [6.45, 7) is 0.553. The molecule has 0 spiro atoms. The van der Waals surface area contributed by atoms with Crippen molar-refractivity contribution in [1.82, 2.24) is 4.31 Å². The van der Waals surface area contributed by atoms with Crippen LogP contribution >= 0.6 is 0 Å². The number of carbonyl (C=O) groups excluding carboxylic acids is 1. The van der Waals surface area contributed by atoms with Crippen molar-refractivity contribution in [3.63, 3.8) is 0 Å². The Morgan fingerprint density at radius 1 is 1.24 bits per heavy atom. The molecule has 0 atom stereocenters. The third-order valence-electron chi connectivity index (χ3n) is 3.27. The van der Waals surface area contributed by atoms with Gasteiger partial charge in [0.2, 0.25) is 10.0 Å². The van der Waals surface area contributed by atoms with Gasteiger partial charge in [-0.25, -0.2) is 8.42 Å². The van der Waals surface area contributed by atoms with Crippen molar-refractivity contribution in [3.05, 3.63) is 29.8 Å². The quantitative estimate of drug-likeness (QED) is 0.734. The van der Waals surface area contributed by atoms with E-state index >= 15 is 0 Å². The molecule has 0 saturated carbocycles. The first-order valence-electron chi connectivity index (χ1n) is 6.44. The number of carbonyl (C=O) groups is 1. The zero-order valence-corrected chi connectivity index (χ0v) is 13.3. The molecule has 0 amide bonds. The number of hydrogen-bond donors (Lipinski definition) is 0. The van der Waals surface area contributed by atoms with Crippen LogP contribution in [0.5, 0.6) is 0 Å². The smallest absolute Gasteiger partial charge is 0.309 e. The molecule has 1 aromatic carbocycles. The molecule has 0 radical (unpaired) electrons. The Morgan fingerprint density at radius 3 is 2.33 bits per heavy atom. The van der Waals surface area contributed by atoms with Crippen LogP contribution in [-0.4, -0.2) is 54.6 Å². The minimum absolute atomic E-state index is 0.111. The fraction of sp³-hybridized carbons (Fsp3) is 0.462. The zero-order chi connectivity index (χ0) is 15.5. The van der Waals surface area contributed by atoms with Crippen LogP contribution in [0.1, 0.15) is 5.56 Å². The van der Waals surface area contributed by atoms with Crippen LogP contribution in [0.3, 0.4) is 0 Å². The molecular formula is C13H17NO5S2. The first kappa shape index (κ1) is 16.1. The summed E-state index contributed by atoms with van der Waals surface area (Å²) < 4.78 is 42.0. The topological polar surface area (TPSA) is 80.8 Å². The zero-order valence-electron chi connectivity index (χ0n) is 11.6. The molecule has 0 aliphatic carbocycles. The van der Waals surface area contributed by atoms with Crippen molar-refractivity contribution >= 4 is 26.8 Å². The van der Waals surface area contributed by atoms with E-state index in [1.165, 1.54) is 23.5 Å². The fourth-order valence-corrected chi connectivity index (χ4v) is 4.75. The number of ether oxygens (including phenoxy) is 1. The third kappa shape index (κ3) is 3.90. The lowest BCUT2D eigenvalue weighted by Gasteiger charge is -2.25. The number of nitrogens with zero attached hydrogens (tertiary/aromatic N) is 1. The van der Waals surface area contributed by atoms with E-state index in [1.54, 1.807) is 12.1 Å². The molecule has 0 N–H and O–H groups in total. The van der Waals surface area contributed by atoms with Crippen molar-refractivity contribution in [2.75, 3.05) is 31.7 Å². The highest BCUT2D eigenvalue weighted by atomic mass is 32.2. The minimum atomic E-state index is -3.55. The van der Waals surface area contributed by atoms with Crippen molar-refractivity contribution in [2.45, 2.75) is 11.3 Å². The molecule has 1 fully saturated rings. The van der Waals surface area contributed by atoms with Crippen LogP contribution in [0.4, 0.5) is 0 Å². The van der Waals surface area contributed by atoms with Crippen molar-refractivity contribution < 1.29 is 22.2 Å². The summed E-state index contributed by atoms with van der Waals surface area (Å²) in [6, 6.07) is 6.18. The maximum atomic E-state index is 12.4. The molecule has 1 aromatic rings. The Kier molecular flexibility index (Phi) is 5.13. The van der Waals surface area contributed by atoms with E-state index < -0.39 is 20.8 Å². The second-order valence-corrected chi connectivity index (χ2v) is 8.28. The summed E-state index contributed by atoms with van der Waals surface area (Å²) in [5, 5.41) is 0. The molecule has 1 heterocycles. The van der Waals surface area contributed by atoms with Crippen LogP contribution in [0, 0.1) is 0 Å². The lowest BCUT2D eigenvalue weighted by molar-refractivity contribution is -0.139. The van der Waals surface area contributed by atoms with Gasteiger partial charge >= 0.3 is 5.97 Å². The Morgan fingerprint density at radius 2 is 1.81 bits per heavy atom. The summed E-state index contributed by atoms with van der Waals surface area (Å²) in [5.74, 6) is 0.378. The van der Waals surface area contributed by atoms with Crippen LogP contribution in [0.25, 0.3) is 0 Å². The van der Waals surface area contributed by atoms with E-state index in [2.05, 4.69) is 4.74 Å². The van der Waals surface area contributed by atoms with Gasteiger partial charge in [0.25, 0.3) is 0 Å². The largest absolute Gasteiger partial charge is 0.469 e. The van der Waals surface area contributed by atoms with Gasteiger partial charge in [-0.2, -0.15) is 4.31 Å². The molecule has 6 nitrogen and oxygen atoms in total. The summed E-state index contributed by atoms with van der Waals surface area (Å²) in [7, 11) is -3.17. The summed E-state index contributed by atoms with van der Waals surface area (Å²) in [4.78, 5) is 11.3. The predicted octanol–water partition coefficient (Wildman–Crippen LogP) is 0.155. The average Bonchev–Trinajstić information content (AvgIpc) is 2.48. The van der Waals surface area contributed by atoms with Gasteiger partial charge in [0.05, 0.1) is 18.4 Å². The van der Waals surface area contributed by atoms with Crippen LogP contribution in [0.2, 0.25) is 0 Å². The van der Waals surface area contributed by atoms with Crippen molar-refractivity contribution in [2.24, 2.45) is 0 Å². The Balaban J connectivity index is 2.13. The number of benzene rings is 1. The second-order valence-electron chi connectivity index (χ2n) is 4.65. The van der Waals surface area contributed by atoms with E-state index in [9.17, 15) is 17.4 Å². The Labute approximate surface area is 126 Å². The molecule has 116 valence electrons. The number of hydrogen-bond acceptors (Lipinski definition) is 5. The highest BCUT2D eigenvalue weighted by Gasteiger charge is 2.27. The van der Waals surface area contributed by atoms with Crippen LogP contribution in [-0.2, 0) is 36.8 Å². The maximum absolute atomic E-state index is 12.4. The summed E-state index contributed by atoms with van der Waals surface area (Å²) in [6.07, 6.45) is 0.111. The molecule has 0 unspecified atom stereocenters. The highest BCUT2D eigenvalue weighted by Crippen LogP contribution is 2.18. The Bertz CT molecular complexity index is 629. The predicted molar refractivity (Wildman–Crippen MR) is 78.8 cm³/mol. The third-order valence-corrected chi connectivity index (χ3v) is 6.46. The minimum Gasteiger partial charge on any atom is -0.469 e. The average molecular weight is 331 g/mol. The van der Waals surface area contributed by atoms with E-state index in [0.717, 1.165) is 0 Å². The van der Waals surface area contributed by atoms with Crippen molar-refractivity contribution in [1.29, 1.82) is 0 Å². The first-order chi connectivity index (χ1) is 9.93. The van der Waals surface area contributed by atoms with Gasteiger partial charge in [0, 0.05) is 35.4 Å². The van der Waals surface area contributed by atoms with E-state index in [4.69, 9.17) is 0 Å². The van der Waals surface area contributed by atoms with E-state index in [-0.39, 0.29) is 30.4 Å². The van der Waals surface area contributed by atoms with Gasteiger partial charge in [-0.15, -0.1) is 0 Å². The van der Waals surface area contributed by atoms with Gasteiger partial charge in [-0.05, 0) is 17.7 Å². The molecule has 1 saturated heterocycles. The molecule has 1 aliphatic heterocycles. The fourth-order valence-electron chi connectivity index (χ4n) is 2.03. The number of esters is 1. The molecule has 21 heavy (non-hydrogen) atoms. The molecular weight excluding hydrogens is 314 g/mol. The van der Waals surface area contributed by atoms with E-state index in [1.807, 2.05) is 0 Å². The number of rotatable bonds is 4. The van der Waals surface area contributed by atoms with Gasteiger partial charge in [-0.3, -0.25) is 9.00 Å². The molecule has 8 heteroatoms. The molecule has 0 bridgehead atoms. The second kappa shape index (κ2) is 6.67.